The summed E-state index contributed by atoms with van der Waals surface area (Å²) in [6.45, 7) is 2.47. The van der Waals surface area contributed by atoms with E-state index in [0.717, 1.165) is 5.75 Å². The molecule has 0 atom stereocenters. The zero-order valence-corrected chi connectivity index (χ0v) is 10.7. The van der Waals surface area contributed by atoms with Crippen molar-refractivity contribution in [2.45, 2.75) is 10.7 Å². The highest BCUT2D eigenvalue weighted by molar-refractivity contribution is 6.76. The number of nitrogens with one attached hydrogen (secondary N) is 1. The van der Waals surface area contributed by atoms with Crippen molar-refractivity contribution in [1.82, 2.24) is 0 Å². The van der Waals surface area contributed by atoms with Gasteiger partial charge in [0.1, 0.15) is 5.75 Å². The average Bonchev–Trinajstić information content (AvgIpc) is 2.20. The van der Waals surface area contributed by atoms with Gasteiger partial charge in [0.15, 0.2) is 0 Å². The molecule has 88 valence electrons. The van der Waals surface area contributed by atoms with E-state index >= 15 is 0 Å². The number of amides is 1. The zero-order valence-electron chi connectivity index (χ0n) is 8.47. The molecule has 16 heavy (non-hydrogen) atoms. The fourth-order valence-electron chi connectivity index (χ4n) is 1.00. The Morgan fingerprint density at radius 2 is 1.88 bits per heavy atom. The SMILES string of the molecule is CCOc1ccc(NC(=O)C(Cl)(Cl)Cl)cc1. The van der Waals surface area contributed by atoms with E-state index in [2.05, 4.69) is 5.32 Å². The quantitative estimate of drug-likeness (QED) is 0.863. The number of hydrogen-bond donors (Lipinski definition) is 1. The Hall–Kier alpha value is -0.640. The predicted molar refractivity (Wildman–Crippen MR) is 66.5 cm³/mol. The molecule has 6 heteroatoms. The first-order chi connectivity index (χ1) is 7.43. The summed E-state index contributed by atoms with van der Waals surface area (Å²) in [4.78, 5) is 11.3. The van der Waals surface area contributed by atoms with Crippen molar-refractivity contribution in [3.05, 3.63) is 24.3 Å². The molecule has 0 unspecified atom stereocenters. The van der Waals surface area contributed by atoms with E-state index < -0.39 is 9.70 Å². The van der Waals surface area contributed by atoms with E-state index in [4.69, 9.17) is 39.5 Å². The van der Waals surface area contributed by atoms with Crippen molar-refractivity contribution in [2.24, 2.45) is 0 Å². The maximum absolute atomic E-state index is 11.3. The highest BCUT2D eigenvalue weighted by Gasteiger charge is 2.30. The standard InChI is InChI=1S/C10H10Cl3NO2/c1-2-16-8-5-3-7(4-6-8)14-9(15)10(11,12)13/h3-6H,2H2,1H3,(H,14,15). The first kappa shape index (κ1) is 13.4. The molecule has 0 saturated heterocycles. The second-order valence-electron chi connectivity index (χ2n) is 2.91. The molecular weight excluding hydrogens is 272 g/mol. The Kier molecular flexibility index (Phi) is 4.71. The molecule has 0 aromatic heterocycles. The Bertz CT molecular complexity index is 359. The van der Waals surface area contributed by atoms with Gasteiger partial charge in [0.05, 0.1) is 6.61 Å². The fraction of sp³-hybridized carbons (Fsp3) is 0.300. The number of benzene rings is 1. The van der Waals surface area contributed by atoms with Crippen molar-refractivity contribution in [3.8, 4) is 5.75 Å². The molecule has 1 aromatic rings. The summed E-state index contributed by atoms with van der Waals surface area (Å²) in [7, 11) is 0. The lowest BCUT2D eigenvalue weighted by atomic mass is 10.3. The Balaban J connectivity index is 2.65. The number of ether oxygens (including phenoxy) is 1. The number of halogens is 3. The van der Waals surface area contributed by atoms with Gasteiger partial charge < -0.3 is 10.1 Å². The number of alkyl halides is 3. The van der Waals surface area contributed by atoms with Gasteiger partial charge in [0.2, 0.25) is 0 Å². The molecule has 0 aliphatic rings. The third-order valence-corrected chi connectivity index (χ3v) is 2.20. The summed E-state index contributed by atoms with van der Waals surface area (Å²) in [6.07, 6.45) is 0. The Morgan fingerprint density at radius 1 is 1.31 bits per heavy atom. The molecule has 0 radical (unpaired) electrons. The Labute approximate surface area is 109 Å². The summed E-state index contributed by atoms with van der Waals surface area (Å²) in [5, 5.41) is 2.46. The maximum Gasteiger partial charge on any atom is 0.276 e. The minimum Gasteiger partial charge on any atom is -0.494 e. The molecule has 0 saturated carbocycles. The number of anilines is 1. The van der Waals surface area contributed by atoms with Gasteiger partial charge in [0, 0.05) is 5.69 Å². The molecule has 0 spiro atoms. The van der Waals surface area contributed by atoms with E-state index in [0.29, 0.717) is 12.3 Å². The summed E-state index contributed by atoms with van der Waals surface area (Å²) in [5.74, 6) is 0.0241. The van der Waals surface area contributed by atoms with Gasteiger partial charge in [-0.05, 0) is 31.2 Å². The maximum atomic E-state index is 11.3. The molecule has 0 aliphatic heterocycles. The summed E-state index contributed by atoms with van der Waals surface area (Å²) in [5.41, 5.74) is 0.541. The van der Waals surface area contributed by atoms with Crippen LogP contribution in [0.25, 0.3) is 0 Å². The van der Waals surface area contributed by atoms with Crippen LogP contribution in [0, 0.1) is 0 Å². The molecule has 1 amide bonds. The summed E-state index contributed by atoms with van der Waals surface area (Å²) >= 11 is 16.2. The summed E-state index contributed by atoms with van der Waals surface area (Å²) in [6, 6.07) is 6.77. The van der Waals surface area contributed by atoms with Crippen LogP contribution in [0.1, 0.15) is 6.92 Å². The second-order valence-corrected chi connectivity index (χ2v) is 5.19. The summed E-state index contributed by atoms with van der Waals surface area (Å²) < 4.78 is 3.28. The molecular formula is C10H10Cl3NO2. The minimum absolute atomic E-state index is 0.541. The topological polar surface area (TPSA) is 38.3 Å². The van der Waals surface area contributed by atoms with Crippen molar-refractivity contribution in [3.63, 3.8) is 0 Å². The Morgan fingerprint density at radius 3 is 2.31 bits per heavy atom. The normalized spacial score (nSPS) is 11.0. The number of carbonyl (C=O) groups is 1. The van der Waals surface area contributed by atoms with Crippen LogP contribution in [0.5, 0.6) is 5.75 Å². The third kappa shape index (κ3) is 4.08. The highest BCUT2D eigenvalue weighted by Crippen LogP contribution is 2.28. The van der Waals surface area contributed by atoms with Crippen LogP contribution in [-0.4, -0.2) is 16.3 Å². The largest absolute Gasteiger partial charge is 0.494 e. The molecule has 0 heterocycles. The molecule has 0 aliphatic carbocycles. The lowest BCUT2D eigenvalue weighted by molar-refractivity contribution is -0.115. The lowest BCUT2D eigenvalue weighted by Gasteiger charge is -2.11. The van der Waals surface area contributed by atoms with Crippen molar-refractivity contribution in [2.75, 3.05) is 11.9 Å². The highest BCUT2D eigenvalue weighted by atomic mass is 35.6. The van der Waals surface area contributed by atoms with Crippen LogP contribution in [0.3, 0.4) is 0 Å². The van der Waals surface area contributed by atoms with E-state index in [1.807, 2.05) is 6.92 Å². The first-order valence-electron chi connectivity index (χ1n) is 4.54. The van der Waals surface area contributed by atoms with E-state index in [9.17, 15) is 4.79 Å². The zero-order chi connectivity index (χ0) is 12.2. The van der Waals surface area contributed by atoms with Gasteiger partial charge in [-0.1, -0.05) is 34.8 Å². The molecule has 1 N–H and O–H groups in total. The number of carbonyl (C=O) groups excluding carboxylic acids is 1. The second kappa shape index (κ2) is 5.62. The van der Waals surface area contributed by atoms with Crippen LogP contribution >= 0.6 is 34.8 Å². The number of hydrogen-bond acceptors (Lipinski definition) is 2. The third-order valence-electron chi connectivity index (χ3n) is 1.68. The van der Waals surface area contributed by atoms with Crippen LogP contribution in [-0.2, 0) is 4.79 Å². The minimum atomic E-state index is -1.96. The predicted octanol–water partition coefficient (Wildman–Crippen LogP) is 3.39. The smallest absolute Gasteiger partial charge is 0.276 e. The van der Waals surface area contributed by atoms with Gasteiger partial charge in [-0.2, -0.15) is 0 Å². The monoisotopic (exact) mass is 281 g/mol. The van der Waals surface area contributed by atoms with Gasteiger partial charge in [0.25, 0.3) is 9.70 Å². The van der Waals surface area contributed by atoms with Gasteiger partial charge in [-0.15, -0.1) is 0 Å². The molecule has 1 rings (SSSR count). The van der Waals surface area contributed by atoms with Crippen LogP contribution < -0.4 is 10.1 Å². The van der Waals surface area contributed by atoms with Crippen molar-refractivity contribution >= 4 is 46.4 Å². The van der Waals surface area contributed by atoms with Gasteiger partial charge in [-0.25, -0.2) is 0 Å². The first-order valence-corrected chi connectivity index (χ1v) is 5.68. The van der Waals surface area contributed by atoms with Gasteiger partial charge >= 0.3 is 0 Å². The van der Waals surface area contributed by atoms with Crippen LogP contribution in [0.4, 0.5) is 5.69 Å². The molecule has 0 fully saturated rings. The van der Waals surface area contributed by atoms with E-state index in [-0.39, 0.29) is 0 Å². The van der Waals surface area contributed by atoms with E-state index in [1.165, 1.54) is 0 Å². The van der Waals surface area contributed by atoms with Crippen LogP contribution in [0.2, 0.25) is 0 Å². The molecule has 3 nitrogen and oxygen atoms in total. The van der Waals surface area contributed by atoms with Gasteiger partial charge in [-0.3, -0.25) is 4.79 Å². The number of rotatable bonds is 3. The van der Waals surface area contributed by atoms with Crippen LogP contribution in [0.15, 0.2) is 24.3 Å². The molecule has 1 aromatic carbocycles. The lowest BCUT2D eigenvalue weighted by Crippen LogP contribution is -2.26. The van der Waals surface area contributed by atoms with Crippen molar-refractivity contribution in [1.29, 1.82) is 0 Å². The molecule has 0 bridgehead atoms. The fourth-order valence-corrected chi connectivity index (χ4v) is 1.14. The van der Waals surface area contributed by atoms with E-state index in [1.54, 1.807) is 24.3 Å². The van der Waals surface area contributed by atoms with Crippen molar-refractivity contribution < 1.29 is 9.53 Å². The average molecular weight is 283 g/mol.